The number of nitrogens with zero attached hydrogens (tertiary/aromatic N) is 1. The van der Waals surface area contributed by atoms with Crippen LogP contribution in [-0.2, 0) is 4.79 Å². The number of hydrazone groups is 1. The van der Waals surface area contributed by atoms with Crippen molar-refractivity contribution >= 4 is 12.1 Å². The van der Waals surface area contributed by atoms with Gasteiger partial charge in [0.25, 0.3) is 0 Å². The van der Waals surface area contributed by atoms with Gasteiger partial charge in [0.15, 0.2) is 11.5 Å². The zero-order chi connectivity index (χ0) is 16.8. The summed E-state index contributed by atoms with van der Waals surface area (Å²) in [5, 5.41) is 13.9. The molecule has 2 N–H and O–H groups in total. The van der Waals surface area contributed by atoms with E-state index in [4.69, 9.17) is 9.47 Å². The number of hydrogen-bond donors (Lipinski definition) is 2. The summed E-state index contributed by atoms with van der Waals surface area (Å²) >= 11 is 0. The average molecular weight is 326 g/mol. The van der Waals surface area contributed by atoms with E-state index in [0.29, 0.717) is 17.9 Å². The predicted octanol–water partition coefficient (Wildman–Crippen LogP) is 2.38. The molecule has 0 fully saturated rings. The van der Waals surface area contributed by atoms with E-state index in [2.05, 4.69) is 10.5 Å². The Labute approximate surface area is 139 Å². The van der Waals surface area contributed by atoms with Crippen molar-refractivity contribution in [3.05, 3.63) is 59.7 Å². The molecular weight excluding hydrogens is 308 g/mol. The summed E-state index contributed by atoms with van der Waals surface area (Å²) in [5.74, 6) is 1.12. The van der Waals surface area contributed by atoms with Gasteiger partial charge in [0.05, 0.1) is 12.3 Å². The molecule has 0 saturated heterocycles. The van der Waals surface area contributed by atoms with Crippen molar-refractivity contribution in [2.24, 2.45) is 5.10 Å². The van der Waals surface area contributed by atoms with Crippen LogP contribution in [0.25, 0.3) is 0 Å². The smallest absolute Gasteiger partial charge is 0.240 e. The van der Waals surface area contributed by atoms with E-state index in [0.717, 1.165) is 11.1 Å². The Kier molecular flexibility index (Phi) is 5.08. The summed E-state index contributed by atoms with van der Waals surface area (Å²) in [7, 11) is 0. The Morgan fingerprint density at radius 3 is 2.83 bits per heavy atom. The maximum Gasteiger partial charge on any atom is 0.240 e. The molecule has 124 valence electrons. The highest BCUT2D eigenvalue weighted by molar-refractivity contribution is 5.83. The number of carbonyl (C=O) groups excluding carboxylic acids is 1. The summed E-state index contributed by atoms with van der Waals surface area (Å²) in [6.07, 6.45) is 1.41. The molecule has 0 unspecified atom stereocenters. The van der Waals surface area contributed by atoms with Crippen molar-refractivity contribution in [1.29, 1.82) is 0 Å². The zero-order valence-corrected chi connectivity index (χ0v) is 13.0. The lowest BCUT2D eigenvalue weighted by Crippen LogP contribution is -2.18. The van der Waals surface area contributed by atoms with Gasteiger partial charge < -0.3 is 14.6 Å². The largest absolute Gasteiger partial charge is 0.454 e. The minimum atomic E-state index is -0.658. The highest BCUT2D eigenvalue weighted by Gasteiger charge is 2.12. The second-order valence-electron chi connectivity index (χ2n) is 5.37. The van der Waals surface area contributed by atoms with E-state index in [-0.39, 0.29) is 19.1 Å². The van der Waals surface area contributed by atoms with Gasteiger partial charge in [0.1, 0.15) is 0 Å². The average Bonchev–Trinajstić information content (AvgIpc) is 3.08. The molecule has 6 nitrogen and oxygen atoms in total. The van der Waals surface area contributed by atoms with Crippen LogP contribution in [-0.4, -0.2) is 24.0 Å². The van der Waals surface area contributed by atoms with Gasteiger partial charge in [-0.2, -0.15) is 5.10 Å². The van der Waals surface area contributed by atoms with Crippen LogP contribution in [0.1, 0.15) is 30.1 Å². The Bertz CT molecular complexity index is 731. The monoisotopic (exact) mass is 326 g/mol. The normalized spacial score (nSPS) is 13.9. The van der Waals surface area contributed by atoms with Crippen LogP contribution in [0.2, 0.25) is 0 Å². The Balaban J connectivity index is 1.45. The summed E-state index contributed by atoms with van der Waals surface area (Å²) in [5.41, 5.74) is 4.05. The van der Waals surface area contributed by atoms with Crippen LogP contribution in [0.15, 0.2) is 53.6 Å². The van der Waals surface area contributed by atoms with Crippen LogP contribution in [0.4, 0.5) is 0 Å². The molecule has 2 aromatic rings. The second-order valence-corrected chi connectivity index (χ2v) is 5.37. The number of amides is 1. The van der Waals surface area contributed by atoms with Gasteiger partial charge in [-0.1, -0.05) is 30.3 Å². The van der Waals surface area contributed by atoms with E-state index in [9.17, 15) is 9.90 Å². The molecule has 2 aromatic carbocycles. The third-order valence-electron chi connectivity index (χ3n) is 3.63. The van der Waals surface area contributed by atoms with E-state index in [1.54, 1.807) is 12.1 Å². The van der Waals surface area contributed by atoms with Gasteiger partial charge >= 0.3 is 0 Å². The number of rotatable bonds is 6. The topological polar surface area (TPSA) is 80.2 Å². The molecule has 1 aliphatic rings. The highest BCUT2D eigenvalue weighted by Crippen LogP contribution is 2.31. The number of nitrogens with one attached hydrogen (secondary N) is 1. The van der Waals surface area contributed by atoms with Crippen molar-refractivity contribution in [2.75, 3.05) is 6.79 Å². The SMILES string of the molecule is O=C(CC[C@@H](O)c1ccccc1)N/N=C\c1ccc2c(c1)OCO2. The predicted molar refractivity (Wildman–Crippen MR) is 88.9 cm³/mol. The van der Waals surface area contributed by atoms with Crippen LogP contribution in [0.3, 0.4) is 0 Å². The van der Waals surface area contributed by atoms with Crippen LogP contribution >= 0.6 is 0 Å². The Morgan fingerprint density at radius 2 is 2.00 bits per heavy atom. The van der Waals surface area contributed by atoms with E-state index in [1.165, 1.54) is 6.21 Å². The van der Waals surface area contributed by atoms with Crippen molar-refractivity contribution in [1.82, 2.24) is 5.43 Å². The van der Waals surface area contributed by atoms with Gasteiger partial charge in [-0.05, 0) is 35.7 Å². The summed E-state index contributed by atoms with van der Waals surface area (Å²) in [6, 6.07) is 14.7. The molecule has 1 heterocycles. The molecule has 24 heavy (non-hydrogen) atoms. The number of benzene rings is 2. The van der Waals surface area contributed by atoms with Crippen molar-refractivity contribution in [3.63, 3.8) is 0 Å². The molecule has 0 radical (unpaired) electrons. The number of fused-ring (bicyclic) bond motifs is 1. The molecule has 0 spiro atoms. The minimum absolute atomic E-state index is 0.189. The first-order valence-corrected chi connectivity index (χ1v) is 7.67. The molecule has 1 aliphatic heterocycles. The Hall–Kier alpha value is -2.86. The van der Waals surface area contributed by atoms with E-state index in [1.807, 2.05) is 36.4 Å². The zero-order valence-electron chi connectivity index (χ0n) is 13.0. The molecule has 6 heteroatoms. The molecule has 3 rings (SSSR count). The number of carbonyl (C=O) groups is 1. The fourth-order valence-electron chi connectivity index (χ4n) is 2.34. The number of aliphatic hydroxyl groups is 1. The highest BCUT2D eigenvalue weighted by atomic mass is 16.7. The molecule has 0 saturated carbocycles. The maximum absolute atomic E-state index is 11.8. The first-order valence-electron chi connectivity index (χ1n) is 7.67. The minimum Gasteiger partial charge on any atom is -0.454 e. The van der Waals surface area contributed by atoms with Gasteiger partial charge in [-0.3, -0.25) is 4.79 Å². The second kappa shape index (κ2) is 7.61. The van der Waals surface area contributed by atoms with E-state index < -0.39 is 6.10 Å². The molecular formula is C18H18N2O4. The third-order valence-corrected chi connectivity index (χ3v) is 3.63. The first-order chi connectivity index (χ1) is 11.7. The fraction of sp³-hybridized carbons (Fsp3) is 0.222. The molecule has 1 amide bonds. The number of ether oxygens (including phenoxy) is 2. The van der Waals surface area contributed by atoms with Crippen LogP contribution in [0.5, 0.6) is 11.5 Å². The number of hydrogen-bond acceptors (Lipinski definition) is 5. The molecule has 0 aliphatic carbocycles. The van der Waals surface area contributed by atoms with Crippen LogP contribution < -0.4 is 14.9 Å². The molecule has 0 bridgehead atoms. The lowest BCUT2D eigenvalue weighted by molar-refractivity contribution is -0.121. The lowest BCUT2D eigenvalue weighted by atomic mass is 10.1. The van der Waals surface area contributed by atoms with Crippen molar-refractivity contribution < 1.29 is 19.4 Å². The number of aliphatic hydroxyl groups excluding tert-OH is 1. The maximum atomic E-state index is 11.8. The van der Waals surface area contributed by atoms with Gasteiger partial charge in [0, 0.05) is 6.42 Å². The first kappa shape index (κ1) is 16.0. The fourth-order valence-corrected chi connectivity index (χ4v) is 2.34. The summed E-state index contributed by atoms with van der Waals surface area (Å²) in [6.45, 7) is 0.219. The van der Waals surface area contributed by atoms with Gasteiger partial charge in [-0.25, -0.2) is 5.43 Å². The Morgan fingerprint density at radius 1 is 1.21 bits per heavy atom. The van der Waals surface area contributed by atoms with Crippen molar-refractivity contribution in [3.8, 4) is 11.5 Å². The van der Waals surface area contributed by atoms with E-state index >= 15 is 0 Å². The van der Waals surface area contributed by atoms with Crippen LogP contribution in [0, 0.1) is 0 Å². The summed E-state index contributed by atoms with van der Waals surface area (Å²) < 4.78 is 10.5. The lowest BCUT2D eigenvalue weighted by Gasteiger charge is -2.09. The molecule has 1 atom stereocenters. The summed E-state index contributed by atoms with van der Waals surface area (Å²) in [4.78, 5) is 11.8. The standard InChI is InChI=1S/C18H18N2O4/c21-15(14-4-2-1-3-5-14)7-9-18(22)20-19-11-13-6-8-16-17(10-13)24-12-23-16/h1-6,8,10-11,15,21H,7,9,12H2,(H,20,22)/b19-11-/t15-/m1/s1. The van der Waals surface area contributed by atoms with Crippen molar-refractivity contribution in [2.45, 2.75) is 18.9 Å². The quantitative estimate of drug-likeness (QED) is 0.631. The third kappa shape index (κ3) is 4.11. The van der Waals surface area contributed by atoms with Gasteiger partial charge in [-0.15, -0.1) is 0 Å². The molecule has 0 aromatic heterocycles. The van der Waals surface area contributed by atoms with Gasteiger partial charge in [0.2, 0.25) is 12.7 Å².